The summed E-state index contributed by atoms with van der Waals surface area (Å²) in [5, 5.41) is 3.43. The van der Waals surface area contributed by atoms with Crippen LogP contribution in [0.4, 0.5) is 0 Å². The Labute approximate surface area is 105 Å². The van der Waals surface area contributed by atoms with Gasteiger partial charge in [-0.3, -0.25) is 0 Å². The summed E-state index contributed by atoms with van der Waals surface area (Å²) in [7, 11) is 0. The second-order valence-corrected chi connectivity index (χ2v) is 6.88. The topological polar surface area (TPSA) is 38.1 Å². The molecular formula is C14H26N2O. The standard InChI is InChI=1S/C14H26N2O/c1-13(2,3)9-11-10-15-12(17-11)7-8-16-14(4,5)6/h10,16H,7-9H2,1-6H3. The zero-order valence-electron chi connectivity index (χ0n) is 12.1. The molecule has 0 radical (unpaired) electrons. The van der Waals surface area contributed by atoms with Crippen LogP contribution in [0.25, 0.3) is 0 Å². The highest BCUT2D eigenvalue weighted by Crippen LogP contribution is 2.20. The van der Waals surface area contributed by atoms with Crippen molar-refractivity contribution in [1.29, 1.82) is 0 Å². The lowest BCUT2D eigenvalue weighted by atomic mass is 9.91. The Hall–Kier alpha value is -0.830. The molecule has 0 fully saturated rings. The molecule has 0 aliphatic rings. The normalized spacial score (nSPS) is 13.1. The van der Waals surface area contributed by atoms with Gasteiger partial charge in [-0.25, -0.2) is 4.98 Å². The van der Waals surface area contributed by atoms with Gasteiger partial charge in [-0.1, -0.05) is 20.8 Å². The highest BCUT2D eigenvalue weighted by molar-refractivity contribution is 4.97. The third-order valence-corrected chi connectivity index (χ3v) is 2.30. The highest BCUT2D eigenvalue weighted by atomic mass is 16.4. The van der Waals surface area contributed by atoms with E-state index in [-0.39, 0.29) is 11.0 Å². The average Bonchev–Trinajstić information content (AvgIpc) is 2.46. The number of hydrogen-bond donors (Lipinski definition) is 1. The summed E-state index contributed by atoms with van der Waals surface area (Å²) in [4.78, 5) is 4.31. The number of nitrogens with one attached hydrogen (secondary N) is 1. The van der Waals surface area contributed by atoms with Gasteiger partial charge in [0.1, 0.15) is 5.76 Å². The first-order valence-electron chi connectivity index (χ1n) is 6.34. The summed E-state index contributed by atoms with van der Waals surface area (Å²) in [5.41, 5.74) is 0.404. The van der Waals surface area contributed by atoms with Gasteiger partial charge in [-0.15, -0.1) is 0 Å². The van der Waals surface area contributed by atoms with Crippen LogP contribution in [-0.4, -0.2) is 17.1 Å². The van der Waals surface area contributed by atoms with Gasteiger partial charge < -0.3 is 9.73 Å². The molecule has 3 heteroatoms. The quantitative estimate of drug-likeness (QED) is 0.875. The predicted octanol–water partition coefficient (Wildman–Crippen LogP) is 3.19. The third-order valence-electron chi connectivity index (χ3n) is 2.30. The Balaban J connectivity index is 2.41. The van der Waals surface area contributed by atoms with Gasteiger partial charge in [-0.05, 0) is 26.2 Å². The van der Waals surface area contributed by atoms with Crippen molar-refractivity contribution in [3.8, 4) is 0 Å². The Morgan fingerprint density at radius 3 is 2.35 bits per heavy atom. The minimum absolute atomic E-state index is 0.154. The maximum atomic E-state index is 5.72. The molecule has 0 bridgehead atoms. The molecule has 0 aromatic carbocycles. The van der Waals surface area contributed by atoms with Crippen molar-refractivity contribution in [3.63, 3.8) is 0 Å². The number of rotatable bonds is 4. The first kappa shape index (κ1) is 14.2. The number of oxazole rings is 1. The zero-order chi connectivity index (χ0) is 13.1. The van der Waals surface area contributed by atoms with Crippen molar-refractivity contribution in [2.24, 2.45) is 5.41 Å². The van der Waals surface area contributed by atoms with Crippen molar-refractivity contribution in [3.05, 3.63) is 17.8 Å². The molecule has 0 amide bonds. The summed E-state index contributed by atoms with van der Waals surface area (Å²) < 4.78 is 5.72. The number of hydrogen-bond acceptors (Lipinski definition) is 3. The molecule has 0 aliphatic carbocycles. The Bertz CT molecular complexity index is 342. The first-order valence-corrected chi connectivity index (χ1v) is 6.34. The summed E-state index contributed by atoms with van der Waals surface area (Å²) in [5.74, 6) is 1.82. The molecule has 98 valence electrons. The number of aromatic nitrogens is 1. The smallest absolute Gasteiger partial charge is 0.195 e. The zero-order valence-corrected chi connectivity index (χ0v) is 12.1. The van der Waals surface area contributed by atoms with E-state index in [1.54, 1.807) is 0 Å². The fraction of sp³-hybridized carbons (Fsp3) is 0.786. The lowest BCUT2D eigenvalue weighted by Crippen LogP contribution is -2.37. The molecule has 0 spiro atoms. The second kappa shape index (κ2) is 5.21. The van der Waals surface area contributed by atoms with Crippen molar-refractivity contribution >= 4 is 0 Å². The predicted molar refractivity (Wildman–Crippen MR) is 71.1 cm³/mol. The van der Waals surface area contributed by atoms with Crippen LogP contribution in [0.5, 0.6) is 0 Å². The summed E-state index contributed by atoms with van der Waals surface area (Å²) in [6.07, 6.45) is 3.64. The van der Waals surface area contributed by atoms with Gasteiger partial charge in [0.25, 0.3) is 0 Å². The fourth-order valence-electron chi connectivity index (χ4n) is 1.61. The van der Waals surface area contributed by atoms with Crippen LogP contribution in [0.15, 0.2) is 10.6 Å². The van der Waals surface area contributed by atoms with E-state index in [9.17, 15) is 0 Å². The van der Waals surface area contributed by atoms with Crippen molar-refractivity contribution in [1.82, 2.24) is 10.3 Å². The van der Waals surface area contributed by atoms with Crippen molar-refractivity contribution in [2.75, 3.05) is 6.54 Å². The van der Waals surface area contributed by atoms with Crippen LogP contribution in [-0.2, 0) is 12.8 Å². The van der Waals surface area contributed by atoms with E-state index in [1.165, 1.54) is 0 Å². The molecular weight excluding hydrogens is 212 g/mol. The van der Waals surface area contributed by atoms with Gasteiger partial charge >= 0.3 is 0 Å². The van der Waals surface area contributed by atoms with E-state index in [0.29, 0.717) is 0 Å². The van der Waals surface area contributed by atoms with Crippen LogP contribution < -0.4 is 5.32 Å². The molecule has 0 aliphatic heterocycles. The molecule has 1 aromatic heterocycles. The van der Waals surface area contributed by atoms with Crippen LogP contribution in [0.1, 0.15) is 53.2 Å². The molecule has 0 saturated heterocycles. The molecule has 1 heterocycles. The number of nitrogens with zero attached hydrogens (tertiary/aromatic N) is 1. The molecule has 17 heavy (non-hydrogen) atoms. The minimum Gasteiger partial charge on any atom is -0.446 e. The van der Waals surface area contributed by atoms with Crippen LogP contribution in [0.2, 0.25) is 0 Å². The molecule has 3 nitrogen and oxygen atoms in total. The van der Waals surface area contributed by atoms with Gasteiger partial charge in [-0.2, -0.15) is 0 Å². The Morgan fingerprint density at radius 1 is 1.18 bits per heavy atom. The van der Waals surface area contributed by atoms with Crippen molar-refractivity contribution < 1.29 is 4.42 Å². The Kier molecular flexibility index (Phi) is 4.36. The van der Waals surface area contributed by atoms with Gasteiger partial charge in [0.15, 0.2) is 5.89 Å². The van der Waals surface area contributed by atoms with E-state index in [1.807, 2.05) is 6.20 Å². The second-order valence-electron chi connectivity index (χ2n) is 6.88. The van der Waals surface area contributed by atoms with E-state index in [2.05, 4.69) is 51.8 Å². The molecule has 0 unspecified atom stereocenters. The van der Waals surface area contributed by atoms with Crippen LogP contribution in [0, 0.1) is 5.41 Å². The SMILES string of the molecule is CC(C)(C)Cc1cnc(CCNC(C)(C)C)o1. The largest absolute Gasteiger partial charge is 0.446 e. The van der Waals surface area contributed by atoms with Gasteiger partial charge in [0.05, 0.1) is 6.20 Å². The first-order chi connectivity index (χ1) is 7.66. The Morgan fingerprint density at radius 2 is 1.82 bits per heavy atom. The maximum absolute atomic E-state index is 5.72. The lowest BCUT2D eigenvalue weighted by molar-refractivity contribution is 0.348. The molecule has 1 N–H and O–H groups in total. The monoisotopic (exact) mass is 238 g/mol. The maximum Gasteiger partial charge on any atom is 0.195 e. The van der Waals surface area contributed by atoms with Crippen LogP contribution in [0.3, 0.4) is 0 Å². The van der Waals surface area contributed by atoms with Gasteiger partial charge in [0, 0.05) is 24.9 Å². The van der Waals surface area contributed by atoms with Gasteiger partial charge in [0.2, 0.25) is 0 Å². The van der Waals surface area contributed by atoms with Crippen molar-refractivity contribution in [2.45, 2.75) is 59.9 Å². The summed E-state index contributed by atoms with van der Waals surface area (Å²) >= 11 is 0. The van der Waals surface area contributed by atoms with E-state index in [4.69, 9.17) is 4.42 Å². The lowest BCUT2D eigenvalue weighted by Gasteiger charge is -2.19. The van der Waals surface area contributed by atoms with E-state index < -0.39 is 0 Å². The molecule has 0 saturated carbocycles. The summed E-state index contributed by atoms with van der Waals surface area (Å²) in [6.45, 7) is 14.0. The molecule has 1 rings (SSSR count). The van der Waals surface area contributed by atoms with E-state index in [0.717, 1.165) is 31.0 Å². The molecule has 1 aromatic rings. The fourth-order valence-corrected chi connectivity index (χ4v) is 1.61. The highest BCUT2D eigenvalue weighted by Gasteiger charge is 2.15. The van der Waals surface area contributed by atoms with Crippen LogP contribution >= 0.6 is 0 Å². The summed E-state index contributed by atoms with van der Waals surface area (Å²) in [6, 6.07) is 0. The molecule has 0 atom stereocenters. The van der Waals surface area contributed by atoms with E-state index >= 15 is 0 Å². The average molecular weight is 238 g/mol. The minimum atomic E-state index is 0.154. The third kappa shape index (κ3) is 6.47.